The van der Waals surface area contributed by atoms with Crippen molar-refractivity contribution in [1.82, 2.24) is 4.98 Å². The van der Waals surface area contributed by atoms with Gasteiger partial charge in [0.05, 0.1) is 19.1 Å². The van der Waals surface area contributed by atoms with Gasteiger partial charge in [-0.1, -0.05) is 11.6 Å². The monoisotopic (exact) mass is 521 g/mol. The summed E-state index contributed by atoms with van der Waals surface area (Å²) in [4.78, 5) is 58.5. The minimum atomic E-state index is -1.51. The number of aromatic nitrogens is 1. The molecule has 0 bridgehead atoms. The molecule has 3 rings (SSSR count). The molecule has 1 aromatic heterocycles. The van der Waals surface area contributed by atoms with Crippen LogP contribution in [0.1, 0.15) is 27.2 Å². The number of ketones is 1. The van der Waals surface area contributed by atoms with Crippen molar-refractivity contribution < 1.29 is 38.9 Å². The summed E-state index contributed by atoms with van der Waals surface area (Å²) in [6.07, 6.45) is -1.83. The lowest BCUT2D eigenvalue weighted by Crippen LogP contribution is -2.30. The Kier molecular flexibility index (Phi) is 8.27. The van der Waals surface area contributed by atoms with Gasteiger partial charge in [0.1, 0.15) is 19.0 Å². The number of ether oxygens (including phenoxy) is 2. The molecule has 2 aromatic carbocycles. The second-order valence-corrected chi connectivity index (χ2v) is 7.90. The summed E-state index contributed by atoms with van der Waals surface area (Å²) in [6, 6.07) is 9.61. The van der Waals surface area contributed by atoms with E-state index in [1.54, 1.807) is 43.3 Å². The van der Waals surface area contributed by atoms with Gasteiger partial charge in [-0.3, -0.25) is 9.59 Å². The third-order valence-electron chi connectivity index (χ3n) is 5.15. The van der Waals surface area contributed by atoms with Gasteiger partial charge in [-0.05, 0) is 48.9 Å². The van der Waals surface area contributed by atoms with Crippen molar-refractivity contribution in [2.24, 2.45) is 0 Å². The van der Waals surface area contributed by atoms with Crippen LogP contribution in [0.3, 0.4) is 0 Å². The van der Waals surface area contributed by atoms with Crippen LogP contribution in [-0.4, -0.2) is 53.3 Å². The Labute approximate surface area is 208 Å². The fraction of sp³-hybridized carbons (Fsp3) is 0.273. The number of hydrogen-bond acceptors (Lipinski definition) is 10. The van der Waals surface area contributed by atoms with E-state index in [2.05, 4.69) is 14.7 Å². The molecule has 14 heteroatoms. The molecule has 0 unspecified atom stereocenters. The Balaban J connectivity index is 1.90. The molecule has 0 aliphatic heterocycles. The molecule has 0 radical (unpaired) electrons. The van der Waals surface area contributed by atoms with Crippen LogP contribution < -0.4 is 4.74 Å². The van der Waals surface area contributed by atoms with E-state index in [0.29, 0.717) is 32.7 Å². The molecule has 13 nitrogen and oxygen atoms in total. The number of aromatic amines is 1. The van der Waals surface area contributed by atoms with Crippen LogP contribution in [0.25, 0.3) is 10.9 Å². The maximum absolute atomic E-state index is 13.4. The molecular weight excluding hydrogens is 502 g/mol. The largest absolute Gasteiger partial charge is 0.496 e. The lowest BCUT2D eigenvalue weighted by Gasteiger charge is -2.14. The van der Waals surface area contributed by atoms with Crippen molar-refractivity contribution in [3.8, 4) is 5.75 Å². The summed E-state index contributed by atoms with van der Waals surface area (Å²) in [5.74, 6) is -0.892. The number of carbonyl (C=O) groups excluding carboxylic acids is 2. The van der Waals surface area contributed by atoms with Gasteiger partial charge >= 0.3 is 5.97 Å². The smallest absolute Gasteiger partial charge is 0.310 e. The number of nitrogens with zero attached hydrogens (tertiary/aromatic N) is 2. The number of halogens is 1. The molecule has 0 fully saturated rings. The van der Waals surface area contributed by atoms with Crippen LogP contribution in [0.5, 0.6) is 5.75 Å². The van der Waals surface area contributed by atoms with Gasteiger partial charge in [0.15, 0.2) is 11.9 Å². The summed E-state index contributed by atoms with van der Waals surface area (Å²) >= 11 is 5.94. The van der Waals surface area contributed by atoms with Crippen molar-refractivity contribution in [2.45, 2.75) is 19.4 Å². The molecule has 0 amide bonds. The summed E-state index contributed by atoms with van der Waals surface area (Å²) in [5, 5.41) is 19.5. The van der Waals surface area contributed by atoms with Crippen molar-refractivity contribution in [2.75, 3.05) is 20.3 Å². The van der Waals surface area contributed by atoms with E-state index < -0.39 is 35.5 Å². The van der Waals surface area contributed by atoms with E-state index in [-0.39, 0.29) is 23.5 Å². The number of H-pyrrole nitrogens is 1. The Bertz CT molecular complexity index is 1310. The highest BCUT2D eigenvalue weighted by atomic mass is 35.5. The normalized spacial score (nSPS) is 11.5. The first-order chi connectivity index (χ1) is 17.1. The number of esters is 1. The summed E-state index contributed by atoms with van der Waals surface area (Å²) in [7, 11) is 1.41. The highest BCUT2D eigenvalue weighted by Gasteiger charge is 2.25. The first-order valence-corrected chi connectivity index (χ1v) is 10.7. The highest BCUT2D eigenvalue weighted by molar-refractivity contribution is 6.30. The van der Waals surface area contributed by atoms with Gasteiger partial charge in [0, 0.05) is 27.2 Å². The number of fused-ring (bicyclic) bond motifs is 1. The van der Waals surface area contributed by atoms with Crippen LogP contribution in [0.15, 0.2) is 36.4 Å². The van der Waals surface area contributed by atoms with Crippen molar-refractivity contribution >= 4 is 34.3 Å². The fourth-order valence-electron chi connectivity index (χ4n) is 3.58. The number of methoxy groups -OCH3 is 1. The maximum Gasteiger partial charge on any atom is 0.310 e. The van der Waals surface area contributed by atoms with Gasteiger partial charge in [0.25, 0.3) is 10.2 Å². The molecule has 1 heterocycles. The zero-order chi connectivity index (χ0) is 26.4. The van der Waals surface area contributed by atoms with E-state index in [1.807, 2.05) is 0 Å². The summed E-state index contributed by atoms with van der Waals surface area (Å²) < 4.78 is 10.5. The van der Waals surface area contributed by atoms with Crippen LogP contribution >= 0.6 is 11.6 Å². The molecule has 36 heavy (non-hydrogen) atoms. The zero-order valence-electron chi connectivity index (χ0n) is 19.0. The van der Waals surface area contributed by atoms with Gasteiger partial charge in [-0.25, -0.2) is 0 Å². The molecule has 0 saturated carbocycles. The minimum Gasteiger partial charge on any atom is -0.496 e. The second kappa shape index (κ2) is 11.4. The van der Waals surface area contributed by atoms with E-state index in [0.717, 1.165) is 0 Å². The zero-order valence-corrected chi connectivity index (χ0v) is 19.8. The van der Waals surface area contributed by atoms with Gasteiger partial charge in [-0.2, -0.15) is 0 Å². The van der Waals surface area contributed by atoms with E-state index in [4.69, 9.17) is 21.1 Å². The minimum absolute atomic E-state index is 0.221. The first kappa shape index (κ1) is 26.2. The van der Waals surface area contributed by atoms with Gasteiger partial charge in [0.2, 0.25) is 0 Å². The Morgan fingerprint density at radius 1 is 1.06 bits per heavy atom. The predicted molar refractivity (Wildman–Crippen MR) is 124 cm³/mol. The average molecular weight is 522 g/mol. The lowest BCUT2D eigenvalue weighted by molar-refractivity contribution is -0.790. The Morgan fingerprint density at radius 2 is 1.75 bits per heavy atom. The number of carbonyl (C=O) groups is 2. The summed E-state index contributed by atoms with van der Waals surface area (Å²) in [5.41, 5.74) is 2.17. The average Bonchev–Trinajstić information content (AvgIpc) is 3.14. The number of rotatable bonds is 12. The number of nitrogens with one attached hydrogen (secondary N) is 1. The van der Waals surface area contributed by atoms with Crippen molar-refractivity contribution in [1.29, 1.82) is 0 Å². The Morgan fingerprint density at radius 3 is 2.36 bits per heavy atom. The quantitative estimate of drug-likeness (QED) is 0.161. The van der Waals surface area contributed by atoms with Gasteiger partial charge in [-0.15, -0.1) is 20.2 Å². The van der Waals surface area contributed by atoms with Crippen molar-refractivity contribution in [3.63, 3.8) is 0 Å². The SMILES string of the molecule is COc1ccc2[nH]c(C)c(CC(=O)OC[C@@H](CO[N+](=O)[O-])O[N+](=O)[O-])c2c1C(=O)c1ccc(Cl)cc1. The van der Waals surface area contributed by atoms with Crippen LogP contribution in [0.2, 0.25) is 5.02 Å². The number of aryl methyl sites for hydroxylation is 1. The van der Waals surface area contributed by atoms with E-state index >= 15 is 0 Å². The molecule has 190 valence electrons. The maximum atomic E-state index is 13.4. The molecule has 1 N–H and O–H groups in total. The molecule has 0 spiro atoms. The first-order valence-electron chi connectivity index (χ1n) is 10.3. The highest BCUT2D eigenvalue weighted by Crippen LogP contribution is 2.34. The Hall–Kier alpha value is -4.39. The molecule has 3 aromatic rings. The number of hydrogen-bond donors (Lipinski definition) is 1. The second-order valence-electron chi connectivity index (χ2n) is 7.46. The van der Waals surface area contributed by atoms with Crippen LogP contribution in [0.4, 0.5) is 0 Å². The predicted octanol–water partition coefficient (Wildman–Crippen LogP) is 3.24. The van der Waals surface area contributed by atoms with Gasteiger partial charge < -0.3 is 24.1 Å². The molecular formula is C22H20ClN3O10. The van der Waals surface area contributed by atoms with E-state index in [1.165, 1.54) is 7.11 Å². The van der Waals surface area contributed by atoms with Crippen LogP contribution in [-0.2, 0) is 25.6 Å². The van der Waals surface area contributed by atoms with Crippen LogP contribution in [0, 0.1) is 27.2 Å². The van der Waals surface area contributed by atoms with Crippen molar-refractivity contribution in [3.05, 3.63) is 84.0 Å². The number of benzene rings is 2. The topological polar surface area (TPSA) is 173 Å². The fourth-order valence-corrected chi connectivity index (χ4v) is 3.71. The third-order valence-corrected chi connectivity index (χ3v) is 5.40. The third kappa shape index (κ3) is 6.18. The molecule has 0 saturated heterocycles. The molecule has 0 aliphatic rings. The summed E-state index contributed by atoms with van der Waals surface area (Å²) in [6.45, 7) is 0.217. The standard InChI is InChI=1S/C22H20ClN3O10/c1-12-16(9-19(27)34-10-15(36-26(31)32)11-35-25(29)30)20-17(24-12)7-8-18(33-2)21(20)22(28)13-3-5-14(23)6-4-13/h3-8,15,24H,9-11H2,1-2H3/t15-/m0/s1. The van der Waals surface area contributed by atoms with E-state index in [9.17, 15) is 29.8 Å². The lowest BCUT2D eigenvalue weighted by atomic mass is 9.95. The molecule has 1 atom stereocenters. The molecule has 0 aliphatic carbocycles.